The molecule has 0 spiro atoms. The number of aliphatic hydroxyl groups excluding tert-OH is 1. The molecule has 22 heavy (non-hydrogen) atoms. The highest BCUT2D eigenvalue weighted by atomic mass is 16.5. The first kappa shape index (κ1) is 16.1. The average Bonchev–Trinajstić information content (AvgIpc) is 2.53. The summed E-state index contributed by atoms with van der Waals surface area (Å²) in [5.41, 5.74) is 2.70. The number of aliphatic hydroxyl groups is 1. The Kier molecular flexibility index (Phi) is 5.61. The summed E-state index contributed by atoms with van der Waals surface area (Å²) in [4.78, 5) is 4.07. The summed E-state index contributed by atoms with van der Waals surface area (Å²) in [5.74, 6) is 1.44. The fraction of sp³-hybridized carbons (Fsp3) is 0.353. The second-order valence-electron chi connectivity index (χ2n) is 5.20. The second-order valence-corrected chi connectivity index (χ2v) is 5.20. The second kappa shape index (κ2) is 7.66. The maximum atomic E-state index is 9.31. The fourth-order valence-electron chi connectivity index (χ4n) is 2.09. The highest BCUT2D eigenvalue weighted by Gasteiger charge is 2.08. The van der Waals surface area contributed by atoms with E-state index in [9.17, 15) is 5.11 Å². The van der Waals surface area contributed by atoms with E-state index in [0.717, 1.165) is 22.6 Å². The topological polar surface area (TPSA) is 63.6 Å². The molecule has 0 atom stereocenters. The van der Waals surface area contributed by atoms with Crippen molar-refractivity contribution >= 4 is 5.69 Å². The summed E-state index contributed by atoms with van der Waals surface area (Å²) in [6, 6.07) is 7.64. The quantitative estimate of drug-likeness (QED) is 0.823. The molecule has 0 aliphatic rings. The van der Waals surface area contributed by atoms with Crippen LogP contribution in [0.25, 0.3) is 0 Å². The van der Waals surface area contributed by atoms with Crippen LogP contribution in [0.15, 0.2) is 36.7 Å². The molecule has 0 aliphatic carbocycles. The maximum absolute atomic E-state index is 9.31. The first-order chi connectivity index (χ1) is 10.6. The SMILES string of the molecule is COc1cc(CNc2cnccc2CO)ccc1OC(C)C. The Labute approximate surface area is 130 Å². The Hall–Kier alpha value is -2.27. The first-order valence-corrected chi connectivity index (χ1v) is 7.25. The highest BCUT2D eigenvalue weighted by Crippen LogP contribution is 2.29. The zero-order chi connectivity index (χ0) is 15.9. The molecule has 0 aliphatic heterocycles. The van der Waals surface area contributed by atoms with Gasteiger partial charge in [-0.25, -0.2) is 0 Å². The molecule has 0 bridgehead atoms. The number of aromatic nitrogens is 1. The number of pyridine rings is 1. The van der Waals surface area contributed by atoms with Crippen molar-refractivity contribution in [3.8, 4) is 11.5 Å². The average molecular weight is 302 g/mol. The van der Waals surface area contributed by atoms with Gasteiger partial charge >= 0.3 is 0 Å². The molecule has 2 N–H and O–H groups in total. The lowest BCUT2D eigenvalue weighted by Crippen LogP contribution is -2.07. The number of anilines is 1. The maximum Gasteiger partial charge on any atom is 0.161 e. The molecule has 0 radical (unpaired) electrons. The Morgan fingerprint density at radius 1 is 1.23 bits per heavy atom. The van der Waals surface area contributed by atoms with Crippen LogP contribution in [0.4, 0.5) is 5.69 Å². The van der Waals surface area contributed by atoms with Crippen molar-refractivity contribution in [3.63, 3.8) is 0 Å². The first-order valence-electron chi connectivity index (χ1n) is 7.25. The van der Waals surface area contributed by atoms with Gasteiger partial charge in [0.05, 0.1) is 31.7 Å². The molecule has 1 heterocycles. The van der Waals surface area contributed by atoms with Crippen molar-refractivity contribution in [2.45, 2.75) is 33.1 Å². The third-order valence-electron chi connectivity index (χ3n) is 3.16. The molecule has 2 aromatic rings. The number of methoxy groups -OCH3 is 1. The molecule has 0 fully saturated rings. The molecule has 0 saturated heterocycles. The van der Waals surface area contributed by atoms with Gasteiger partial charge in [0.1, 0.15) is 0 Å². The summed E-state index contributed by atoms with van der Waals surface area (Å²) in [7, 11) is 1.63. The lowest BCUT2D eigenvalue weighted by atomic mass is 10.2. The van der Waals surface area contributed by atoms with E-state index >= 15 is 0 Å². The predicted molar refractivity (Wildman–Crippen MR) is 86.2 cm³/mol. The van der Waals surface area contributed by atoms with Crippen LogP contribution in [0.2, 0.25) is 0 Å². The minimum absolute atomic E-state index is 0.0185. The van der Waals surface area contributed by atoms with Crippen LogP contribution in [-0.4, -0.2) is 23.3 Å². The highest BCUT2D eigenvalue weighted by molar-refractivity contribution is 5.50. The molecule has 2 rings (SSSR count). The van der Waals surface area contributed by atoms with Gasteiger partial charge in [-0.3, -0.25) is 4.98 Å². The lowest BCUT2D eigenvalue weighted by molar-refractivity contribution is 0.230. The van der Waals surface area contributed by atoms with E-state index in [1.165, 1.54) is 0 Å². The van der Waals surface area contributed by atoms with Gasteiger partial charge in [-0.05, 0) is 37.6 Å². The normalized spacial score (nSPS) is 10.6. The Morgan fingerprint density at radius 2 is 2.05 bits per heavy atom. The van der Waals surface area contributed by atoms with E-state index in [4.69, 9.17) is 9.47 Å². The van der Waals surface area contributed by atoms with Crippen LogP contribution in [-0.2, 0) is 13.2 Å². The smallest absolute Gasteiger partial charge is 0.161 e. The number of nitrogens with zero attached hydrogens (tertiary/aromatic N) is 1. The molecular formula is C17H22N2O3. The van der Waals surface area contributed by atoms with Crippen molar-refractivity contribution in [3.05, 3.63) is 47.8 Å². The summed E-state index contributed by atoms with van der Waals surface area (Å²) >= 11 is 0. The van der Waals surface area contributed by atoms with Gasteiger partial charge in [0.15, 0.2) is 11.5 Å². The lowest BCUT2D eigenvalue weighted by Gasteiger charge is -2.15. The monoisotopic (exact) mass is 302 g/mol. The van der Waals surface area contributed by atoms with Gasteiger partial charge in [0.25, 0.3) is 0 Å². The van der Waals surface area contributed by atoms with E-state index in [1.807, 2.05) is 32.0 Å². The minimum atomic E-state index is -0.0185. The van der Waals surface area contributed by atoms with Crippen molar-refractivity contribution in [2.75, 3.05) is 12.4 Å². The number of hydrogen-bond acceptors (Lipinski definition) is 5. The molecule has 0 saturated carbocycles. The summed E-state index contributed by atoms with van der Waals surface area (Å²) in [6.07, 6.45) is 3.47. The van der Waals surface area contributed by atoms with Crippen LogP contribution < -0.4 is 14.8 Å². The number of nitrogens with one attached hydrogen (secondary N) is 1. The molecule has 1 aromatic carbocycles. The minimum Gasteiger partial charge on any atom is -0.493 e. The standard InChI is InChI=1S/C17H22N2O3/c1-12(2)22-16-5-4-13(8-17(16)21-3)9-19-15-10-18-7-6-14(15)11-20/h4-8,10,12,19-20H,9,11H2,1-3H3. The third kappa shape index (κ3) is 4.11. The summed E-state index contributed by atoms with van der Waals surface area (Å²) in [6.45, 7) is 4.55. The molecular weight excluding hydrogens is 280 g/mol. The van der Waals surface area contributed by atoms with E-state index in [0.29, 0.717) is 12.3 Å². The zero-order valence-corrected chi connectivity index (χ0v) is 13.2. The molecule has 118 valence electrons. The van der Waals surface area contributed by atoms with Crippen LogP contribution in [0.1, 0.15) is 25.0 Å². The fourth-order valence-corrected chi connectivity index (χ4v) is 2.09. The Morgan fingerprint density at radius 3 is 2.73 bits per heavy atom. The van der Waals surface area contributed by atoms with E-state index < -0.39 is 0 Å². The number of ether oxygens (including phenoxy) is 2. The van der Waals surface area contributed by atoms with Gasteiger partial charge in [-0.2, -0.15) is 0 Å². The van der Waals surface area contributed by atoms with Gasteiger partial charge in [-0.1, -0.05) is 6.07 Å². The zero-order valence-electron chi connectivity index (χ0n) is 13.2. The predicted octanol–water partition coefficient (Wildman–Crippen LogP) is 2.98. The largest absolute Gasteiger partial charge is 0.493 e. The number of hydrogen-bond donors (Lipinski definition) is 2. The Bertz CT molecular complexity index is 615. The van der Waals surface area contributed by atoms with Crippen LogP contribution in [0.3, 0.4) is 0 Å². The molecule has 1 aromatic heterocycles. The molecule has 5 nitrogen and oxygen atoms in total. The van der Waals surface area contributed by atoms with Gasteiger partial charge in [0.2, 0.25) is 0 Å². The van der Waals surface area contributed by atoms with Crippen LogP contribution >= 0.6 is 0 Å². The summed E-state index contributed by atoms with van der Waals surface area (Å²) in [5, 5.41) is 12.6. The van der Waals surface area contributed by atoms with Gasteiger partial charge in [0, 0.05) is 18.3 Å². The molecule has 0 unspecified atom stereocenters. The van der Waals surface area contributed by atoms with Crippen molar-refractivity contribution in [1.29, 1.82) is 0 Å². The van der Waals surface area contributed by atoms with Gasteiger partial charge in [-0.15, -0.1) is 0 Å². The van der Waals surface area contributed by atoms with Crippen LogP contribution in [0, 0.1) is 0 Å². The number of benzene rings is 1. The van der Waals surface area contributed by atoms with Crippen molar-refractivity contribution < 1.29 is 14.6 Å². The van der Waals surface area contributed by atoms with Crippen LogP contribution in [0.5, 0.6) is 11.5 Å². The van der Waals surface area contributed by atoms with E-state index in [2.05, 4.69) is 10.3 Å². The van der Waals surface area contributed by atoms with E-state index in [-0.39, 0.29) is 12.7 Å². The molecule has 5 heteroatoms. The van der Waals surface area contributed by atoms with Crippen molar-refractivity contribution in [1.82, 2.24) is 4.98 Å². The summed E-state index contributed by atoms with van der Waals surface area (Å²) < 4.78 is 11.1. The molecule has 0 amide bonds. The van der Waals surface area contributed by atoms with E-state index in [1.54, 1.807) is 25.6 Å². The third-order valence-corrected chi connectivity index (χ3v) is 3.16. The number of rotatable bonds is 7. The van der Waals surface area contributed by atoms with Crippen molar-refractivity contribution in [2.24, 2.45) is 0 Å². The Balaban J connectivity index is 2.10. The van der Waals surface area contributed by atoms with Gasteiger partial charge < -0.3 is 19.9 Å².